The van der Waals surface area contributed by atoms with E-state index in [1.165, 1.54) is 0 Å². The van der Waals surface area contributed by atoms with Crippen molar-refractivity contribution < 1.29 is 23.1 Å². The number of aromatic nitrogens is 2. The molecule has 1 heterocycles. The molecule has 1 aromatic carbocycles. The normalized spacial score (nSPS) is 11.5. The van der Waals surface area contributed by atoms with Gasteiger partial charge in [-0.05, 0) is 5.56 Å². The number of rotatable bonds is 3. The summed E-state index contributed by atoms with van der Waals surface area (Å²) >= 11 is 0. The van der Waals surface area contributed by atoms with Crippen LogP contribution in [0.1, 0.15) is 21.6 Å². The molecule has 0 saturated carbocycles. The Morgan fingerprint density at radius 2 is 1.89 bits per heavy atom. The summed E-state index contributed by atoms with van der Waals surface area (Å²) < 4.78 is 39.3. The summed E-state index contributed by atoms with van der Waals surface area (Å²) in [6.07, 6.45) is -4.05. The molecular formula is C12H9F3N2O2. The van der Waals surface area contributed by atoms with Gasteiger partial charge in [0.05, 0.1) is 12.7 Å². The third kappa shape index (κ3) is 2.75. The largest absolute Gasteiger partial charge is 0.478 e. The van der Waals surface area contributed by atoms with Gasteiger partial charge in [-0.15, -0.1) is 0 Å². The van der Waals surface area contributed by atoms with Crippen LogP contribution >= 0.6 is 0 Å². The van der Waals surface area contributed by atoms with E-state index in [0.29, 0.717) is 16.4 Å². The van der Waals surface area contributed by atoms with Gasteiger partial charge in [-0.3, -0.25) is 4.68 Å². The fourth-order valence-corrected chi connectivity index (χ4v) is 1.72. The molecule has 2 aromatic rings. The highest BCUT2D eigenvalue weighted by atomic mass is 19.4. The number of nitrogens with zero attached hydrogens (tertiary/aromatic N) is 2. The quantitative estimate of drug-likeness (QED) is 0.932. The first kappa shape index (κ1) is 13.1. The molecule has 0 fully saturated rings. The van der Waals surface area contributed by atoms with Gasteiger partial charge >= 0.3 is 12.1 Å². The minimum Gasteiger partial charge on any atom is -0.478 e. The molecule has 0 aliphatic carbocycles. The van der Waals surface area contributed by atoms with E-state index in [1.54, 1.807) is 30.3 Å². The van der Waals surface area contributed by atoms with Crippen LogP contribution in [0.25, 0.3) is 0 Å². The average Bonchev–Trinajstić information content (AvgIpc) is 2.74. The summed E-state index contributed by atoms with van der Waals surface area (Å²) in [5, 5.41) is 12.3. The number of carbonyl (C=O) groups is 1. The van der Waals surface area contributed by atoms with Gasteiger partial charge in [-0.1, -0.05) is 30.3 Å². The second kappa shape index (κ2) is 4.75. The van der Waals surface area contributed by atoms with E-state index in [-0.39, 0.29) is 6.54 Å². The van der Waals surface area contributed by atoms with Gasteiger partial charge in [0.25, 0.3) is 0 Å². The molecule has 2 rings (SSSR count). The lowest BCUT2D eigenvalue weighted by Crippen LogP contribution is -2.18. The standard InChI is InChI=1S/C12H9F3N2O2/c13-12(14,15)10-9(11(18)19)6-16-17(10)7-8-4-2-1-3-5-8/h1-6H,7H2,(H,18,19). The monoisotopic (exact) mass is 270 g/mol. The van der Waals surface area contributed by atoms with E-state index in [0.717, 1.165) is 0 Å². The van der Waals surface area contributed by atoms with Crippen molar-refractivity contribution in [2.45, 2.75) is 12.7 Å². The highest BCUT2D eigenvalue weighted by molar-refractivity contribution is 5.88. The van der Waals surface area contributed by atoms with Crippen LogP contribution in [0.4, 0.5) is 13.2 Å². The second-order valence-electron chi connectivity index (χ2n) is 3.85. The fraction of sp³-hybridized carbons (Fsp3) is 0.167. The summed E-state index contributed by atoms with van der Waals surface area (Å²) in [5.74, 6) is -1.65. The summed E-state index contributed by atoms with van der Waals surface area (Å²) in [6, 6.07) is 8.39. The minimum atomic E-state index is -4.76. The van der Waals surface area contributed by atoms with Crippen LogP contribution in [-0.4, -0.2) is 20.9 Å². The molecule has 0 unspecified atom stereocenters. The average molecular weight is 270 g/mol. The smallest absolute Gasteiger partial charge is 0.433 e. The summed E-state index contributed by atoms with van der Waals surface area (Å²) in [7, 11) is 0. The molecule has 0 spiro atoms. The van der Waals surface area contributed by atoms with Gasteiger partial charge in [0.15, 0.2) is 5.69 Å². The lowest BCUT2D eigenvalue weighted by molar-refractivity contribution is -0.144. The predicted octanol–water partition coefficient (Wildman–Crippen LogP) is 2.65. The summed E-state index contributed by atoms with van der Waals surface area (Å²) in [4.78, 5) is 10.8. The maximum absolute atomic E-state index is 12.9. The number of hydrogen-bond donors (Lipinski definition) is 1. The van der Waals surface area contributed by atoms with E-state index >= 15 is 0 Å². The third-order valence-electron chi connectivity index (χ3n) is 2.51. The van der Waals surface area contributed by atoms with Gasteiger partial charge in [-0.2, -0.15) is 18.3 Å². The van der Waals surface area contributed by atoms with Gasteiger partial charge < -0.3 is 5.11 Å². The van der Waals surface area contributed by atoms with Gasteiger partial charge in [0.1, 0.15) is 5.56 Å². The zero-order chi connectivity index (χ0) is 14.0. The highest BCUT2D eigenvalue weighted by Crippen LogP contribution is 2.32. The van der Waals surface area contributed by atoms with Crippen molar-refractivity contribution in [3.8, 4) is 0 Å². The Hall–Kier alpha value is -2.31. The topological polar surface area (TPSA) is 55.1 Å². The van der Waals surface area contributed by atoms with E-state index in [4.69, 9.17) is 5.11 Å². The molecule has 0 amide bonds. The van der Waals surface area contributed by atoms with Gasteiger partial charge in [0, 0.05) is 0 Å². The lowest BCUT2D eigenvalue weighted by atomic mass is 10.2. The van der Waals surface area contributed by atoms with Crippen LogP contribution in [-0.2, 0) is 12.7 Å². The van der Waals surface area contributed by atoms with Gasteiger partial charge in [0.2, 0.25) is 0 Å². The lowest BCUT2D eigenvalue weighted by Gasteiger charge is -2.11. The molecular weight excluding hydrogens is 261 g/mol. The predicted molar refractivity (Wildman–Crippen MR) is 59.7 cm³/mol. The SMILES string of the molecule is O=C(O)c1cnn(Cc2ccccc2)c1C(F)(F)F. The van der Waals surface area contributed by atoms with E-state index in [1.807, 2.05) is 0 Å². The van der Waals surface area contributed by atoms with Crippen molar-refractivity contribution in [3.05, 3.63) is 53.3 Å². The van der Waals surface area contributed by atoms with Crippen LogP contribution in [0.15, 0.2) is 36.5 Å². The number of carboxylic acids is 1. The van der Waals surface area contributed by atoms with Crippen LogP contribution in [0.3, 0.4) is 0 Å². The number of benzene rings is 1. The summed E-state index contributed by atoms with van der Waals surface area (Å²) in [6.45, 7) is -0.136. The zero-order valence-electron chi connectivity index (χ0n) is 9.55. The maximum atomic E-state index is 12.9. The number of hydrogen-bond acceptors (Lipinski definition) is 2. The van der Waals surface area contributed by atoms with Crippen LogP contribution in [0.5, 0.6) is 0 Å². The minimum absolute atomic E-state index is 0.136. The second-order valence-corrected chi connectivity index (χ2v) is 3.85. The molecule has 100 valence electrons. The molecule has 19 heavy (non-hydrogen) atoms. The Morgan fingerprint density at radius 1 is 1.26 bits per heavy atom. The maximum Gasteiger partial charge on any atom is 0.433 e. The molecule has 7 heteroatoms. The van der Waals surface area contributed by atoms with Gasteiger partial charge in [-0.25, -0.2) is 4.79 Å². The Bertz CT molecular complexity index is 591. The number of halogens is 3. The molecule has 0 radical (unpaired) electrons. The zero-order valence-corrected chi connectivity index (χ0v) is 9.55. The van der Waals surface area contributed by atoms with E-state index in [2.05, 4.69) is 5.10 Å². The van der Waals surface area contributed by atoms with E-state index < -0.39 is 23.4 Å². The number of aromatic carboxylic acids is 1. The van der Waals surface area contributed by atoms with Crippen molar-refractivity contribution in [2.24, 2.45) is 0 Å². The molecule has 0 saturated heterocycles. The first-order valence-electron chi connectivity index (χ1n) is 5.30. The molecule has 0 aliphatic heterocycles. The Balaban J connectivity index is 2.44. The fourth-order valence-electron chi connectivity index (χ4n) is 1.72. The van der Waals surface area contributed by atoms with Crippen LogP contribution in [0.2, 0.25) is 0 Å². The molecule has 0 atom stereocenters. The Labute approximate surface area is 106 Å². The van der Waals surface area contributed by atoms with Crippen molar-refractivity contribution >= 4 is 5.97 Å². The third-order valence-corrected chi connectivity index (χ3v) is 2.51. The number of carboxylic acid groups (broad SMARTS) is 1. The van der Waals surface area contributed by atoms with E-state index in [9.17, 15) is 18.0 Å². The molecule has 0 bridgehead atoms. The first-order chi connectivity index (χ1) is 8.89. The molecule has 4 nitrogen and oxygen atoms in total. The first-order valence-corrected chi connectivity index (χ1v) is 5.30. The Kier molecular flexibility index (Phi) is 3.28. The molecule has 0 aliphatic rings. The molecule has 1 aromatic heterocycles. The van der Waals surface area contributed by atoms with Crippen molar-refractivity contribution in [1.29, 1.82) is 0 Å². The van der Waals surface area contributed by atoms with Crippen LogP contribution < -0.4 is 0 Å². The molecule has 1 N–H and O–H groups in total. The van der Waals surface area contributed by atoms with Crippen molar-refractivity contribution in [1.82, 2.24) is 9.78 Å². The van der Waals surface area contributed by atoms with Crippen LogP contribution in [0, 0.1) is 0 Å². The Morgan fingerprint density at radius 3 is 2.42 bits per heavy atom. The van der Waals surface area contributed by atoms with Crippen molar-refractivity contribution in [2.75, 3.05) is 0 Å². The highest BCUT2D eigenvalue weighted by Gasteiger charge is 2.40. The van der Waals surface area contributed by atoms with Crippen molar-refractivity contribution in [3.63, 3.8) is 0 Å². The number of alkyl halides is 3. The summed E-state index contributed by atoms with van der Waals surface area (Å²) in [5.41, 5.74) is -1.49.